The highest BCUT2D eigenvalue weighted by molar-refractivity contribution is 5.64. The number of hydrogen-bond donors (Lipinski definition) is 1. The molecule has 1 aromatic carbocycles. The van der Waals surface area contributed by atoms with Gasteiger partial charge in [0.2, 0.25) is 0 Å². The van der Waals surface area contributed by atoms with Crippen LogP contribution in [0.2, 0.25) is 0 Å². The summed E-state index contributed by atoms with van der Waals surface area (Å²) < 4.78 is 27.6. The smallest absolute Gasteiger partial charge is 0.175 e. The van der Waals surface area contributed by atoms with E-state index in [4.69, 9.17) is 0 Å². The lowest BCUT2D eigenvalue weighted by Crippen LogP contribution is -1.89. The van der Waals surface area contributed by atoms with Crippen LogP contribution < -0.4 is 0 Å². The third kappa shape index (κ3) is 1.27. The average Bonchev–Trinajstić information content (AvgIpc) is 2.76. The number of halogens is 2. The van der Waals surface area contributed by atoms with Gasteiger partial charge in [-0.3, -0.25) is 5.10 Å². The van der Waals surface area contributed by atoms with Crippen LogP contribution in [0.5, 0.6) is 0 Å². The molecular formula is C10H6F2N4. The minimum atomic E-state index is -0.621. The van der Waals surface area contributed by atoms with Crippen molar-refractivity contribution in [3.63, 3.8) is 0 Å². The third-order valence-corrected chi connectivity index (χ3v) is 2.30. The molecular weight excluding hydrogens is 214 g/mol. The molecule has 1 N–H and O–H groups in total. The van der Waals surface area contributed by atoms with Crippen LogP contribution in [-0.4, -0.2) is 19.8 Å². The largest absolute Gasteiger partial charge is 0.276 e. The first-order valence-corrected chi connectivity index (χ1v) is 4.58. The summed E-state index contributed by atoms with van der Waals surface area (Å²) in [4.78, 5) is 3.94. The highest BCUT2D eigenvalue weighted by atomic mass is 19.1. The Balaban J connectivity index is 2.19. The van der Waals surface area contributed by atoms with Gasteiger partial charge in [-0.25, -0.2) is 13.8 Å². The van der Waals surface area contributed by atoms with Gasteiger partial charge in [0, 0.05) is 17.7 Å². The number of benzene rings is 1. The molecule has 0 bridgehead atoms. The van der Waals surface area contributed by atoms with Gasteiger partial charge >= 0.3 is 0 Å². The lowest BCUT2D eigenvalue weighted by Gasteiger charge is -1.99. The monoisotopic (exact) mass is 220 g/mol. The lowest BCUT2D eigenvalue weighted by molar-refractivity contribution is 0.585. The van der Waals surface area contributed by atoms with Crippen LogP contribution in [0, 0.1) is 11.6 Å². The molecule has 0 fully saturated rings. The van der Waals surface area contributed by atoms with Crippen LogP contribution in [0.4, 0.5) is 8.78 Å². The SMILES string of the molecule is Fc1ccc(-c2cc3ncnn3[nH]2)c(F)c1. The zero-order valence-electron chi connectivity index (χ0n) is 7.98. The molecule has 0 atom stereocenters. The molecule has 0 spiro atoms. The van der Waals surface area contributed by atoms with E-state index >= 15 is 0 Å². The molecule has 3 rings (SSSR count). The molecule has 2 heterocycles. The molecule has 4 nitrogen and oxygen atoms in total. The van der Waals surface area contributed by atoms with E-state index in [9.17, 15) is 8.78 Å². The minimum absolute atomic E-state index is 0.286. The van der Waals surface area contributed by atoms with Crippen molar-refractivity contribution in [2.75, 3.05) is 0 Å². The quantitative estimate of drug-likeness (QED) is 0.681. The molecule has 16 heavy (non-hydrogen) atoms. The van der Waals surface area contributed by atoms with Crippen molar-refractivity contribution < 1.29 is 8.78 Å². The summed E-state index contributed by atoms with van der Waals surface area (Å²) in [5, 5.41) is 6.70. The Hall–Kier alpha value is -2.24. The van der Waals surface area contributed by atoms with Crippen LogP contribution in [0.1, 0.15) is 0 Å². The Kier molecular flexibility index (Phi) is 1.76. The Morgan fingerprint density at radius 1 is 1.19 bits per heavy atom. The molecule has 6 heteroatoms. The van der Waals surface area contributed by atoms with E-state index in [2.05, 4.69) is 15.2 Å². The maximum absolute atomic E-state index is 13.5. The molecule has 0 aliphatic heterocycles. The topological polar surface area (TPSA) is 46.0 Å². The van der Waals surface area contributed by atoms with Crippen LogP contribution in [0.3, 0.4) is 0 Å². The van der Waals surface area contributed by atoms with Gasteiger partial charge in [-0.05, 0) is 12.1 Å². The fourth-order valence-corrected chi connectivity index (χ4v) is 1.56. The summed E-state index contributed by atoms with van der Waals surface area (Å²) >= 11 is 0. The summed E-state index contributed by atoms with van der Waals surface area (Å²) in [5.74, 6) is -1.22. The van der Waals surface area contributed by atoms with Crippen LogP contribution in [0.25, 0.3) is 16.9 Å². The number of nitrogens with one attached hydrogen (secondary N) is 1. The van der Waals surface area contributed by atoms with Gasteiger partial charge in [-0.2, -0.15) is 4.63 Å². The second-order valence-electron chi connectivity index (χ2n) is 3.32. The number of H-pyrrole nitrogens is 1. The molecule has 0 aliphatic rings. The van der Waals surface area contributed by atoms with Crippen molar-refractivity contribution in [2.24, 2.45) is 0 Å². The Morgan fingerprint density at radius 3 is 2.81 bits per heavy atom. The molecule has 80 valence electrons. The second-order valence-corrected chi connectivity index (χ2v) is 3.32. The van der Waals surface area contributed by atoms with Crippen molar-refractivity contribution in [3.05, 3.63) is 42.2 Å². The third-order valence-electron chi connectivity index (χ3n) is 2.30. The van der Waals surface area contributed by atoms with Crippen LogP contribution in [-0.2, 0) is 0 Å². The molecule has 0 saturated heterocycles. The number of aromatic amines is 1. The summed E-state index contributed by atoms with van der Waals surface area (Å²) in [6.45, 7) is 0. The number of fused-ring (bicyclic) bond motifs is 1. The van der Waals surface area contributed by atoms with Gasteiger partial charge in [-0.1, -0.05) is 0 Å². The van der Waals surface area contributed by atoms with Gasteiger partial charge in [0.1, 0.15) is 18.0 Å². The van der Waals surface area contributed by atoms with E-state index in [-0.39, 0.29) is 5.56 Å². The standard InChI is InChI=1S/C10H6F2N4/c11-6-1-2-7(8(12)3-6)9-4-10-13-5-14-16(10)15-9/h1-5,15H. The molecule has 0 unspecified atom stereocenters. The van der Waals surface area contributed by atoms with E-state index in [0.717, 1.165) is 6.07 Å². The number of aromatic nitrogens is 4. The minimum Gasteiger partial charge on any atom is -0.276 e. The van der Waals surface area contributed by atoms with Gasteiger partial charge in [-0.15, -0.1) is 5.10 Å². The molecule has 2 aromatic heterocycles. The average molecular weight is 220 g/mol. The maximum atomic E-state index is 13.5. The first kappa shape index (κ1) is 9.02. The predicted octanol–water partition coefficient (Wildman–Crippen LogP) is 2.00. The van der Waals surface area contributed by atoms with E-state index in [0.29, 0.717) is 11.3 Å². The van der Waals surface area contributed by atoms with E-state index in [1.165, 1.54) is 23.1 Å². The highest BCUT2D eigenvalue weighted by Gasteiger charge is 2.10. The zero-order valence-corrected chi connectivity index (χ0v) is 7.98. The van der Waals surface area contributed by atoms with E-state index in [1.807, 2.05) is 0 Å². The molecule has 0 saturated carbocycles. The molecule has 3 aromatic rings. The summed E-state index contributed by atoms with van der Waals surface area (Å²) in [6.07, 6.45) is 1.39. The van der Waals surface area contributed by atoms with Gasteiger partial charge < -0.3 is 0 Å². The first-order chi connectivity index (χ1) is 7.74. The normalized spacial score (nSPS) is 11.1. The van der Waals surface area contributed by atoms with Crippen LogP contribution in [0.15, 0.2) is 30.6 Å². The Labute approximate surface area is 88.5 Å². The highest BCUT2D eigenvalue weighted by Crippen LogP contribution is 2.22. The van der Waals surface area contributed by atoms with Crippen molar-refractivity contribution >= 4 is 5.65 Å². The molecule has 0 aliphatic carbocycles. The Morgan fingerprint density at radius 2 is 2.06 bits per heavy atom. The molecule has 0 radical (unpaired) electrons. The summed E-state index contributed by atoms with van der Waals surface area (Å²) in [6, 6.07) is 5.06. The number of nitrogens with zero attached hydrogens (tertiary/aromatic N) is 3. The lowest BCUT2D eigenvalue weighted by atomic mass is 10.1. The van der Waals surface area contributed by atoms with Crippen molar-refractivity contribution in [1.29, 1.82) is 0 Å². The fourth-order valence-electron chi connectivity index (χ4n) is 1.56. The second kappa shape index (κ2) is 3.13. The summed E-state index contributed by atoms with van der Waals surface area (Å²) in [5.41, 5.74) is 1.38. The van der Waals surface area contributed by atoms with Crippen molar-refractivity contribution in [3.8, 4) is 11.3 Å². The zero-order chi connectivity index (χ0) is 11.1. The van der Waals surface area contributed by atoms with E-state index in [1.54, 1.807) is 6.07 Å². The Bertz CT molecular complexity index is 627. The maximum Gasteiger partial charge on any atom is 0.175 e. The fraction of sp³-hybridized carbons (Fsp3) is 0. The number of rotatable bonds is 1. The van der Waals surface area contributed by atoms with Gasteiger partial charge in [0.05, 0.1) is 5.69 Å². The predicted molar refractivity (Wildman–Crippen MR) is 52.7 cm³/mol. The van der Waals surface area contributed by atoms with Crippen molar-refractivity contribution in [2.45, 2.75) is 0 Å². The van der Waals surface area contributed by atoms with Gasteiger partial charge in [0.25, 0.3) is 0 Å². The molecule has 0 amide bonds. The van der Waals surface area contributed by atoms with Crippen molar-refractivity contribution in [1.82, 2.24) is 19.8 Å². The van der Waals surface area contributed by atoms with Gasteiger partial charge in [0.15, 0.2) is 5.65 Å². The van der Waals surface area contributed by atoms with E-state index < -0.39 is 11.6 Å². The summed E-state index contributed by atoms with van der Waals surface area (Å²) in [7, 11) is 0. The van der Waals surface area contributed by atoms with Crippen LogP contribution >= 0.6 is 0 Å². The number of hydrogen-bond acceptors (Lipinski definition) is 2. The first-order valence-electron chi connectivity index (χ1n) is 4.58.